The first-order valence-corrected chi connectivity index (χ1v) is 7.64. The van der Waals surface area contributed by atoms with Gasteiger partial charge in [-0.15, -0.1) is 0 Å². The summed E-state index contributed by atoms with van der Waals surface area (Å²) in [5, 5.41) is 12.0. The number of benzene rings is 1. The maximum absolute atomic E-state index is 12.5. The van der Waals surface area contributed by atoms with Crippen molar-refractivity contribution in [3.63, 3.8) is 0 Å². The molecule has 2 rings (SSSR count). The molecule has 7 nitrogen and oxygen atoms in total. The molecule has 0 atom stereocenters. The van der Waals surface area contributed by atoms with E-state index >= 15 is 0 Å². The van der Waals surface area contributed by atoms with E-state index in [0.717, 1.165) is 0 Å². The summed E-state index contributed by atoms with van der Waals surface area (Å²) in [5.74, 6) is -1.11. The van der Waals surface area contributed by atoms with Crippen LogP contribution in [0.15, 0.2) is 35.5 Å². The lowest BCUT2D eigenvalue weighted by molar-refractivity contribution is -0.136. The van der Waals surface area contributed by atoms with Crippen LogP contribution in [0.2, 0.25) is 0 Å². The number of hydrogen-bond donors (Lipinski definition) is 2. The van der Waals surface area contributed by atoms with Gasteiger partial charge in [-0.1, -0.05) is 19.1 Å². The fraction of sp³-hybridized carbons (Fsp3) is 0.353. The fourth-order valence-electron chi connectivity index (χ4n) is 2.51. The van der Waals surface area contributed by atoms with Gasteiger partial charge in [0, 0.05) is 24.2 Å². The number of para-hydroxylation sites is 1. The number of Topliss-reactive ketones (excluding diaryl/α,β-unsaturated/α-hetero) is 1. The van der Waals surface area contributed by atoms with Crippen molar-refractivity contribution in [3.8, 4) is 0 Å². The molecule has 0 saturated carbocycles. The minimum absolute atomic E-state index is 0.0539. The largest absolute Gasteiger partial charge is 0.466 e. The lowest BCUT2D eigenvalue weighted by Gasteiger charge is -2.15. The van der Waals surface area contributed by atoms with Crippen molar-refractivity contribution in [3.05, 3.63) is 41.1 Å². The number of carbonyl (C=O) groups is 3. The summed E-state index contributed by atoms with van der Waals surface area (Å²) in [7, 11) is 1.24. The molecule has 1 aromatic carbocycles. The second-order valence-corrected chi connectivity index (χ2v) is 5.24. The van der Waals surface area contributed by atoms with Crippen LogP contribution in [0.25, 0.3) is 0 Å². The third-order valence-electron chi connectivity index (χ3n) is 3.76. The Bertz CT molecular complexity index is 696. The van der Waals surface area contributed by atoms with Crippen LogP contribution >= 0.6 is 0 Å². The zero-order valence-corrected chi connectivity index (χ0v) is 13.7. The molecule has 0 radical (unpaired) electrons. The topological polar surface area (TPSA) is 95.9 Å². The molecule has 1 heterocycles. The first-order valence-electron chi connectivity index (χ1n) is 7.64. The van der Waals surface area contributed by atoms with E-state index < -0.39 is 11.9 Å². The van der Waals surface area contributed by atoms with Crippen LogP contribution in [-0.4, -0.2) is 54.5 Å². The van der Waals surface area contributed by atoms with E-state index in [2.05, 4.69) is 5.32 Å². The SMILES string of the molecule is CCC(=O)c1ccccc1NC1=C(C(=O)OC)CN(CCO)C1=O. The zero-order valence-electron chi connectivity index (χ0n) is 13.7. The van der Waals surface area contributed by atoms with Crippen LogP contribution in [0.4, 0.5) is 5.69 Å². The second kappa shape index (κ2) is 7.74. The predicted octanol–water partition coefficient (Wildman–Crippen LogP) is 0.953. The predicted molar refractivity (Wildman–Crippen MR) is 87.4 cm³/mol. The van der Waals surface area contributed by atoms with Crippen LogP contribution in [0.3, 0.4) is 0 Å². The Labute approximate surface area is 139 Å². The molecular weight excluding hydrogens is 312 g/mol. The molecule has 2 N–H and O–H groups in total. The number of ketones is 1. The Kier molecular flexibility index (Phi) is 5.70. The molecule has 0 aliphatic carbocycles. The van der Waals surface area contributed by atoms with Crippen molar-refractivity contribution in [1.82, 2.24) is 4.90 Å². The van der Waals surface area contributed by atoms with E-state index in [1.807, 2.05) is 0 Å². The van der Waals surface area contributed by atoms with E-state index in [0.29, 0.717) is 17.7 Å². The van der Waals surface area contributed by atoms with Gasteiger partial charge in [0.15, 0.2) is 5.78 Å². The number of nitrogens with zero attached hydrogens (tertiary/aromatic N) is 1. The van der Waals surface area contributed by atoms with E-state index in [-0.39, 0.29) is 36.7 Å². The molecule has 0 aromatic heterocycles. The van der Waals surface area contributed by atoms with Crippen molar-refractivity contribution in [2.45, 2.75) is 13.3 Å². The summed E-state index contributed by atoms with van der Waals surface area (Å²) in [5.41, 5.74) is 1.16. The number of aliphatic hydroxyl groups is 1. The van der Waals surface area contributed by atoms with Gasteiger partial charge in [-0.25, -0.2) is 4.79 Å². The normalized spacial score (nSPS) is 14.1. The molecule has 0 bridgehead atoms. The Morgan fingerprint density at radius 1 is 1.33 bits per heavy atom. The molecule has 0 saturated heterocycles. The van der Waals surface area contributed by atoms with Crippen molar-refractivity contribution in [1.29, 1.82) is 0 Å². The minimum Gasteiger partial charge on any atom is -0.466 e. The van der Waals surface area contributed by atoms with E-state index in [1.54, 1.807) is 31.2 Å². The van der Waals surface area contributed by atoms with Crippen LogP contribution in [0.1, 0.15) is 23.7 Å². The Morgan fingerprint density at radius 3 is 2.67 bits per heavy atom. The van der Waals surface area contributed by atoms with Gasteiger partial charge in [-0.05, 0) is 12.1 Å². The van der Waals surface area contributed by atoms with Crippen LogP contribution < -0.4 is 5.32 Å². The number of rotatable bonds is 7. The standard InChI is InChI=1S/C17H20N2O5/c1-3-14(21)11-6-4-5-7-13(11)18-15-12(17(23)24-2)10-19(8-9-20)16(15)22/h4-7,18,20H,3,8-10H2,1-2H3. The Hall–Kier alpha value is -2.67. The Morgan fingerprint density at radius 2 is 2.04 bits per heavy atom. The average molecular weight is 332 g/mol. The molecule has 128 valence electrons. The summed E-state index contributed by atoms with van der Waals surface area (Å²) in [6.07, 6.45) is 0.326. The number of ether oxygens (including phenoxy) is 1. The number of nitrogens with one attached hydrogen (secondary N) is 1. The molecule has 0 spiro atoms. The number of aliphatic hydroxyl groups excluding tert-OH is 1. The maximum atomic E-state index is 12.5. The van der Waals surface area contributed by atoms with Gasteiger partial charge in [0.1, 0.15) is 5.70 Å². The zero-order chi connectivity index (χ0) is 17.7. The maximum Gasteiger partial charge on any atom is 0.337 e. The molecule has 1 amide bonds. The van der Waals surface area contributed by atoms with Crippen LogP contribution in [0.5, 0.6) is 0 Å². The third-order valence-corrected chi connectivity index (χ3v) is 3.76. The first kappa shape index (κ1) is 17.7. The average Bonchev–Trinajstić information content (AvgIpc) is 2.91. The molecule has 1 aliphatic rings. The smallest absolute Gasteiger partial charge is 0.337 e. The van der Waals surface area contributed by atoms with Crippen molar-refractivity contribution in [2.24, 2.45) is 0 Å². The molecule has 1 aromatic rings. The van der Waals surface area contributed by atoms with Gasteiger partial charge in [-0.3, -0.25) is 9.59 Å². The van der Waals surface area contributed by atoms with E-state index in [9.17, 15) is 14.4 Å². The monoisotopic (exact) mass is 332 g/mol. The number of methoxy groups -OCH3 is 1. The van der Waals surface area contributed by atoms with Crippen molar-refractivity contribution < 1.29 is 24.2 Å². The van der Waals surface area contributed by atoms with Gasteiger partial charge < -0.3 is 20.1 Å². The highest BCUT2D eigenvalue weighted by Gasteiger charge is 2.34. The number of carbonyl (C=O) groups excluding carboxylic acids is 3. The Balaban J connectivity index is 2.39. The summed E-state index contributed by atoms with van der Waals surface area (Å²) in [6.45, 7) is 1.71. The number of β-amino-alcohol motifs (C(OH)–C–C–N with tert-alkyl or cyclic N) is 1. The molecule has 0 unspecified atom stereocenters. The lowest BCUT2D eigenvalue weighted by atomic mass is 10.1. The summed E-state index contributed by atoms with van der Waals surface area (Å²) in [6, 6.07) is 6.81. The number of anilines is 1. The van der Waals surface area contributed by atoms with E-state index in [1.165, 1.54) is 12.0 Å². The number of esters is 1. The second-order valence-electron chi connectivity index (χ2n) is 5.24. The van der Waals surface area contributed by atoms with Gasteiger partial charge >= 0.3 is 5.97 Å². The van der Waals surface area contributed by atoms with Crippen molar-refractivity contribution in [2.75, 3.05) is 32.1 Å². The van der Waals surface area contributed by atoms with Gasteiger partial charge in [-0.2, -0.15) is 0 Å². The molecular formula is C17H20N2O5. The van der Waals surface area contributed by atoms with Crippen LogP contribution in [-0.2, 0) is 14.3 Å². The van der Waals surface area contributed by atoms with Crippen LogP contribution in [0, 0.1) is 0 Å². The third kappa shape index (κ3) is 3.46. The quantitative estimate of drug-likeness (QED) is 0.570. The summed E-state index contributed by atoms with van der Waals surface area (Å²) >= 11 is 0. The molecule has 24 heavy (non-hydrogen) atoms. The molecule has 0 fully saturated rings. The summed E-state index contributed by atoms with van der Waals surface area (Å²) in [4.78, 5) is 37.8. The molecule has 1 aliphatic heterocycles. The first-order chi connectivity index (χ1) is 11.5. The van der Waals surface area contributed by atoms with E-state index in [4.69, 9.17) is 9.84 Å². The minimum atomic E-state index is -0.620. The molecule has 7 heteroatoms. The highest BCUT2D eigenvalue weighted by molar-refractivity contribution is 6.10. The fourth-order valence-corrected chi connectivity index (χ4v) is 2.51. The van der Waals surface area contributed by atoms with Gasteiger partial charge in [0.25, 0.3) is 5.91 Å². The number of hydrogen-bond acceptors (Lipinski definition) is 6. The van der Waals surface area contributed by atoms with Crippen molar-refractivity contribution >= 4 is 23.3 Å². The van der Waals surface area contributed by atoms with Gasteiger partial charge in [0.05, 0.1) is 25.8 Å². The number of amides is 1. The summed E-state index contributed by atoms with van der Waals surface area (Å²) < 4.78 is 4.73. The highest BCUT2D eigenvalue weighted by atomic mass is 16.5. The van der Waals surface area contributed by atoms with Gasteiger partial charge in [0.2, 0.25) is 0 Å². The highest BCUT2D eigenvalue weighted by Crippen LogP contribution is 2.25. The lowest BCUT2D eigenvalue weighted by Crippen LogP contribution is -2.31.